The van der Waals surface area contributed by atoms with Gasteiger partial charge < -0.3 is 15.6 Å². The number of H-pyrrole nitrogens is 1. The number of carbonyl (C=O) groups is 2. The Morgan fingerprint density at radius 3 is 2.50 bits per heavy atom. The van der Waals surface area contributed by atoms with Crippen LogP contribution in [0, 0.1) is 0 Å². The van der Waals surface area contributed by atoms with Gasteiger partial charge in [0.25, 0.3) is 0 Å². The van der Waals surface area contributed by atoms with Crippen LogP contribution >= 0.6 is 0 Å². The van der Waals surface area contributed by atoms with Crippen LogP contribution in [0.4, 0.5) is 5.69 Å². The molecular formula is C19H19N3O2. The van der Waals surface area contributed by atoms with E-state index in [-0.39, 0.29) is 11.8 Å². The van der Waals surface area contributed by atoms with Crippen molar-refractivity contribution in [3.05, 3.63) is 66.4 Å². The van der Waals surface area contributed by atoms with Crippen molar-refractivity contribution in [3.8, 4) is 0 Å². The summed E-state index contributed by atoms with van der Waals surface area (Å²) in [6, 6.07) is 16.5. The van der Waals surface area contributed by atoms with Crippen molar-refractivity contribution < 1.29 is 9.59 Å². The molecule has 5 heteroatoms. The van der Waals surface area contributed by atoms with Gasteiger partial charge >= 0.3 is 0 Å². The summed E-state index contributed by atoms with van der Waals surface area (Å²) < 4.78 is 0. The van der Waals surface area contributed by atoms with E-state index in [1.54, 1.807) is 0 Å². The molecule has 3 aromatic rings. The van der Waals surface area contributed by atoms with Gasteiger partial charge in [-0.3, -0.25) is 9.59 Å². The van der Waals surface area contributed by atoms with Crippen LogP contribution in [-0.2, 0) is 16.0 Å². The van der Waals surface area contributed by atoms with Gasteiger partial charge in [-0.1, -0.05) is 36.4 Å². The number of carbonyl (C=O) groups excluding carboxylic acids is 2. The molecule has 3 rings (SSSR count). The molecule has 2 aromatic carbocycles. The van der Waals surface area contributed by atoms with Crippen LogP contribution in [0.15, 0.2) is 60.8 Å². The fraction of sp³-hybridized carbons (Fsp3) is 0.158. The van der Waals surface area contributed by atoms with Crippen LogP contribution in [0.25, 0.3) is 10.9 Å². The topological polar surface area (TPSA) is 74.0 Å². The first-order valence-corrected chi connectivity index (χ1v) is 7.81. The zero-order chi connectivity index (χ0) is 16.9. The first-order valence-electron chi connectivity index (χ1n) is 7.81. The molecule has 0 aliphatic heterocycles. The van der Waals surface area contributed by atoms with Crippen molar-refractivity contribution in [2.24, 2.45) is 0 Å². The third-order valence-corrected chi connectivity index (χ3v) is 3.83. The van der Waals surface area contributed by atoms with Gasteiger partial charge in [-0.15, -0.1) is 0 Å². The van der Waals surface area contributed by atoms with Gasteiger partial charge in [0.1, 0.15) is 6.04 Å². The van der Waals surface area contributed by atoms with Crippen molar-refractivity contribution in [3.63, 3.8) is 0 Å². The molecule has 24 heavy (non-hydrogen) atoms. The molecule has 0 spiro atoms. The smallest absolute Gasteiger partial charge is 0.247 e. The van der Waals surface area contributed by atoms with Crippen LogP contribution < -0.4 is 10.6 Å². The number of aromatic amines is 1. The number of fused-ring (bicyclic) bond motifs is 1. The number of amides is 2. The first kappa shape index (κ1) is 15.8. The first-order chi connectivity index (χ1) is 11.6. The van der Waals surface area contributed by atoms with Crippen LogP contribution in [0.3, 0.4) is 0 Å². The van der Waals surface area contributed by atoms with Crippen molar-refractivity contribution >= 4 is 28.4 Å². The van der Waals surface area contributed by atoms with Crippen LogP contribution in [0.1, 0.15) is 12.5 Å². The minimum Gasteiger partial charge on any atom is -0.361 e. The number of nitrogens with one attached hydrogen (secondary N) is 3. The van der Waals surface area contributed by atoms with E-state index in [1.165, 1.54) is 6.92 Å². The molecule has 0 radical (unpaired) electrons. The lowest BCUT2D eigenvalue weighted by Crippen LogP contribution is -2.44. The molecule has 5 nitrogen and oxygen atoms in total. The molecular weight excluding hydrogens is 302 g/mol. The minimum atomic E-state index is -0.637. The standard InChI is InChI=1S/C19H19N3O2/c1-13(23)21-18(19(24)22-15-7-3-2-4-8-15)11-14-12-20-17-10-6-5-9-16(14)17/h2-10,12,18,20H,11H2,1H3,(H,21,23)(H,22,24). The fourth-order valence-electron chi connectivity index (χ4n) is 2.73. The summed E-state index contributed by atoms with van der Waals surface area (Å²) in [6.45, 7) is 1.41. The predicted octanol–water partition coefficient (Wildman–Crippen LogP) is 2.85. The van der Waals surface area contributed by atoms with Crippen LogP contribution in [0.2, 0.25) is 0 Å². The number of rotatable bonds is 5. The highest BCUT2D eigenvalue weighted by molar-refractivity contribution is 5.97. The van der Waals surface area contributed by atoms with E-state index >= 15 is 0 Å². The zero-order valence-electron chi connectivity index (χ0n) is 13.4. The molecule has 1 heterocycles. The number of benzene rings is 2. The molecule has 0 aliphatic carbocycles. The maximum absolute atomic E-state index is 12.6. The molecule has 1 unspecified atom stereocenters. The summed E-state index contributed by atoms with van der Waals surface area (Å²) >= 11 is 0. The highest BCUT2D eigenvalue weighted by Gasteiger charge is 2.21. The molecule has 0 saturated carbocycles. The quantitative estimate of drug-likeness (QED) is 0.676. The molecule has 1 atom stereocenters. The molecule has 2 amide bonds. The Kier molecular flexibility index (Phi) is 4.61. The van der Waals surface area contributed by atoms with Gasteiger partial charge in [0.2, 0.25) is 11.8 Å². The van der Waals surface area contributed by atoms with E-state index in [2.05, 4.69) is 15.6 Å². The lowest BCUT2D eigenvalue weighted by atomic mass is 10.0. The summed E-state index contributed by atoms with van der Waals surface area (Å²) in [7, 11) is 0. The van der Waals surface area contributed by atoms with Crippen molar-refractivity contribution in [1.29, 1.82) is 0 Å². The molecule has 122 valence electrons. The number of hydrogen-bond acceptors (Lipinski definition) is 2. The van der Waals surface area contributed by atoms with E-state index in [0.717, 1.165) is 16.5 Å². The third-order valence-electron chi connectivity index (χ3n) is 3.83. The molecule has 0 bridgehead atoms. The normalized spacial score (nSPS) is 11.9. The van der Waals surface area contributed by atoms with E-state index in [4.69, 9.17) is 0 Å². The van der Waals surface area contributed by atoms with Gasteiger partial charge in [0.05, 0.1) is 0 Å². The van der Waals surface area contributed by atoms with Gasteiger partial charge in [-0.2, -0.15) is 0 Å². The second kappa shape index (κ2) is 7.00. The largest absolute Gasteiger partial charge is 0.361 e. The van der Waals surface area contributed by atoms with Gasteiger partial charge in [-0.25, -0.2) is 0 Å². The Morgan fingerprint density at radius 2 is 1.75 bits per heavy atom. The van der Waals surface area contributed by atoms with Gasteiger partial charge in [-0.05, 0) is 23.8 Å². The number of para-hydroxylation sites is 2. The maximum Gasteiger partial charge on any atom is 0.247 e. The third kappa shape index (κ3) is 3.63. The average Bonchev–Trinajstić information content (AvgIpc) is 2.98. The minimum absolute atomic E-state index is 0.233. The Hall–Kier alpha value is -3.08. The lowest BCUT2D eigenvalue weighted by Gasteiger charge is -2.17. The zero-order valence-corrected chi connectivity index (χ0v) is 13.4. The fourth-order valence-corrected chi connectivity index (χ4v) is 2.73. The molecule has 0 aliphatic rings. The van der Waals surface area contributed by atoms with E-state index in [0.29, 0.717) is 12.1 Å². The molecule has 1 aromatic heterocycles. The van der Waals surface area contributed by atoms with E-state index in [1.807, 2.05) is 60.8 Å². The van der Waals surface area contributed by atoms with E-state index in [9.17, 15) is 9.59 Å². The Bertz CT molecular complexity index is 855. The number of anilines is 1. The van der Waals surface area contributed by atoms with Gasteiger partial charge in [0, 0.05) is 36.1 Å². The van der Waals surface area contributed by atoms with Crippen molar-refractivity contribution in [2.75, 3.05) is 5.32 Å². The van der Waals surface area contributed by atoms with Crippen molar-refractivity contribution in [1.82, 2.24) is 10.3 Å². The molecule has 0 saturated heterocycles. The second-order valence-electron chi connectivity index (χ2n) is 5.67. The highest BCUT2D eigenvalue weighted by Crippen LogP contribution is 2.19. The van der Waals surface area contributed by atoms with Gasteiger partial charge in [0.15, 0.2) is 0 Å². The summed E-state index contributed by atoms with van der Waals surface area (Å²) in [5.74, 6) is -0.468. The maximum atomic E-state index is 12.6. The number of aromatic nitrogens is 1. The van der Waals surface area contributed by atoms with Crippen molar-refractivity contribution in [2.45, 2.75) is 19.4 Å². The summed E-state index contributed by atoms with van der Waals surface area (Å²) in [5.41, 5.74) is 2.71. The SMILES string of the molecule is CC(=O)NC(Cc1c[nH]c2ccccc12)C(=O)Nc1ccccc1. The summed E-state index contributed by atoms with van der Waals surface area (Å²) in [6.07, 6.45) is 2.30. The van der Waals surface area contributed by atoms with Crippen LogP contribution in [-0.4, -0.2) is 22.8 Å². The van der Waals surface area contributed by atoms with Crippen LogP contribution in [0.5, 0.6) is 0 Å². The monoisotopic (exact) mass is 321 g/mol. The van der Waals surface area contributed by atoms with E-state index < -0.39 is 6.04 Å². The Morgan fingerprint density at radius 1 is 1.04 bits per heavy atom. The summed E-state index contributed by atoms with van der Waals surface area (Å²) in [4.78, 5) is 27.3. The Balaban J connectivity index is 1.81. The summed E-state index contributed by atoms with van der Waals surface area (Å²) in [5, 5.41) is 6.64. The Labute approximate surface area is 140 Å². The number of hydrogen-bond donors (Lipinski definition) is 3. The molecule has 0 fully saturated rings. The predicted molar refractivity (Wildman–Crippen MR) is 94.7 cm³/mol. The highest BCUT2D eigenvalue weighted by atomic mass is 16.2. The average molecular weight is 321 g/mol. The molecule has 3 N–H and O–H groups in total. The second-order valence-corrected chi connectivity index (χ2v) is 5.67. The lowest BCUT2D eigenvalue weighted by molar-refractivity contribution is -0.125.